The molecule has 1 aromatic carbocycles. The molecule has 1 heterocycles. The molecule has 0 saturated carbocycles. The Balaban J connectivity index is 2.25. The van der Waals surface area contributed by atoms with Crippen molar-refractivity contribution < 1.29 is 9.53 Å². The van der Waals surface area contributed by atoms with Gasteiger partial charge in [0.25, 0.3) is 5.91 Å². The monoisotopic (exact) mass is 316 g/mol. The van der Waals surface area contributed by atoms with Crippen molar-refractivity contribution in [3.8, 4) is 17.0 Å². The summed E-state index contributed by atoms with van der Waals surface area (Å²) < 4.78 is 7.13. The predicted molar refractivity (Wildman–Crippen MR) is 90.8 cm³/mol. The van der Waals surface area contributed by atoms with Gasteiger partial charge in [-0.15, -0.1) is 0 Å². The van der Waals surface area contributed by atoms with E-state index in [1.54, 1.807) is 17.9 Å². The summed E-state index contributed by atoms with van der Waals surface area (Å²) in [5, 5.41) is 7.20. The van der Waals surface area contributed by atoms with E-state index < -0.39 is 0 Å². The molecule has 2 aromatic rings. The number of carbonyl (C=O) groups is 1. The third kappa shape index (κ3) is 4.10. The number of likely N-dealkylation sites (N-methyl/N-ethyl adjacent to an activating group) is 1. The first kappa shape index (κ1) is 17.0. The summed E-state index contributed by atoms with van der Waals surface area (Å²) >= 11 is 0. The Bertz CT molecular complexity index is 692. The van der Waals surface area contributed by atoms with Crippen LogP contribution in [0.3, 0.4) is 0 Å². The van der Waals surface area contributed by atoms with Crippen LogP contribution in [0.2, 0.25) is 0 Å². The van der Waals surface area contributed by atoms with Crippen LogP contribution >= 0.6 is 0 Å². The Morgan fingerprint density at radius 1 is 1.35 bits per heavy atom. The summed E-state index contributed by atoms with van der Waals surface area (Å²) in [6, 6.07) is 7.74. The highest BCUT2D eigenvalue weighted by Crippen LogP contribution is 2.30. The van der Waals surface area contributed by atoms with Gasteiger partial charge in [0.15, 0.2) is 5.69 Å². The van der Waals surface area contributed by atoms with Crippen LogP contribution in [-0.2, 0) is 7.05 Å². The number of benzene rings is 1. The summed E-state index contributed by atoms with van der Waals surface area (Å²) in [4.78, 5) is 14.2. The minimum atomic E-state index is -0.166. The number of ether oxygens (including phenoxy) is 1. The van der Waals surface area contributed by atoms with Crippen LogP contribution < -0.4 is 10.1 Å². The van der Waals surface area contributed by atoms with Crippen molar-refractivity contribution in [2.75, 3.05) is 34.3 Å². The van der Waals surface area contributed by atoms with Crippen LogP contribution in [0, 0.1) is 6.92 Å². The number of amides is 1. The molecule has 124 valence electrons. The molecule has 0 aliphatic heterocycles. The number of hydrogen-bond acceptors (Lipinski definition) is 4. The third-order valence-electron chi connectivity index (χ3n) is 3.59. The molecule has 23 heavy (non-hydrogen) atoms. The van der Waals surface area contributed by atoms with Gasteiger partial charge < -0.3 is 15.0 Å². The smallest absolute Gasteiger partial charge is 0.271 e. The molecular weight excluding hydrogens is 292 g/mol. The number of rotatable bonds is 6. The van der Waals surface area contributed by atoms with Crippen LogP contribution in [0.4, 0.5) is 0 Å². The van der Waals surface area contributed by atoms with Gasteiger partial charge in [-0.2, -0.15) is 5.10 Å². The Kier molecular flexibility index (Phi) is 5.39. The highest BCUT2D eigenvalue weighted by atomic mass is 16.5. The first-order chi connectivity index (χ1) is 10.9. The molecule has 1 amide bonds. The zero-order chi connectivity index (χ0) is 17.0. The number of aromatic nitrogens is 2. The van der Waals surface area contributed by atoms with E-state index in [-0.39, 0.29) is 5.91 Å². The quantitative estimate of drug-likeness (QED) is 0.881. The first-order valence-electron chi connectivity index (χ1n) is 7.54. The van der Waals surface area contributed by atoms with Crippen LogP contribution in [0.5, 0.6) is 5.75 Å². The maximum absolute atomic E-state index is 12.2. The SMILES string of the molecule is COc1ccc(C)cc1-c1cc(C(=O)NCCN(C)C)nn1C. The van der Waals surface area contributed by atoms with E-state index in [2.05, 4.69) is 10.4 Å². The first-order valence-corrected chi connectivity index (χ1v) is 7.54. The highest BCUT2D eigenvalue weighted by Gasteiger charge is 2.16. The number of methoxy groups -OCH3 is 1. The van der Waals surface area contributed by atoms with Crippen LogP contribution in [0.1, 0.15) is 16.1 Å². The van der Waals surface area contributed by atoms with Gasteiger partial charge >= 0.3 is 0 Å². The lowest BCUT2D eigenvalue weighted by Gasteiger charge is -2.09. The maximum atomic E-state index is 12.2. The van der Waals surface area contributed by atoms with Crippen molar-refractivity contribution in [2.45, 2.75) is 6.92 Å². The van der Waals surface area contributed by atoms with Gasteiger partial charge in [-0.1, -0.05) is 11.6 Å². The second-order valence-electron chi connectivity index (χ2n) is 5.80. The average Bonchev–Trinajstić information content (AvgIpc) is 2.88. The summed E-state index contributed by atoms with van der Waals surface area (Å²) in [5.41, 5.74) is 3.31. The summed E-state index contributed by atoms with van der Waals surface area (Å²) in [6.45, 7) is 3.40. The molecule has 0 unspecified atom stereocenters. The minimum absolute atomic E-state index is 0.166. The second kappa shape index (κ2) is 7.28. The van der Waals surface area contributed by atoms with E-state index in [4.69, 9.17) is 4.74 Å². The molecule has 1 N–H and O–H groups in total. The molecule has 2 rings (SSSR count). The fraction of sp³-hybridized carbons (Fsp3) is 0.412. The van der Waals surface area contributed by atoms with Gasteiger partial charge in [-0.05, 0) is 39.2 Å². The largest absolute Gasteiger partial charge is 0.496 e. The average molecular weight is 316 g/mol. The highest BCUT2D eigenvalue weighted by molar-refractivity contribution is 5.93. The summed E-state index contributed by atoms with van der Waals surface area (Å²) in [5.74, 6) is 0.596. The maximum Gasteiger partial charge on any atom is 0.271 e. The van der Waals surface area contributed by atoms with Crippen LogP contribution in [0.15, 0.2) is 24.3 Å². The molecule has 0 fully saturated rings. The third-order valence-corrected chi connectivity index (χ3v) is 3.59. The lowest BCUT2D eigenvalue weighted by atomic mass is 10.1. The van der Waals surface area contributed by atoms with Crippen LogP contribution in [0.25, 0.3) is 11.3 Å². The van der Waals surface area contributed by atoms with E-state index >= 15 is 0 Å². The minimum Gasteiger partial charge on any atom is -0.496 e. The van der Waals surface area contributed by atoms with Gasteiger partial charge in [0.05, 0.1) is 12.8 Å². The molecule has 6 nitrogen and oxygen atoms in total. The molecule has 0 radical (unpaired) electrons. The summed E-state index contributed by atoms with van der Waals surface area (Å²) in [7, 11) is 7.40. The van der Waals surface area contributed by atoms with E-state index in [0.717, 1.165) is 29.1 Å². The molecule has 0 aliphatic rings. The van der Waals surface area contributed by atoms with Gasteiger partial charge in [0.2, 0.25) is 0 Å². The van der Waals surface area contributed by atoms with E-state index in [1.165, 1.54) is 0 Å². The number of nitrogens with zero attached hydrogens (tertiary/aromatic N) is 3. The van der Waals surface area contributed by atoms with E-state index in [0.29, 0.717) is 12.2 Å². The van der Waals surface area contributed by atoms with Crippen molar-refractivity contribution >= 4 is 5.91 Å². The van der Waals surface area contributed by atoms with Crippen molar-refractivity contribution in [3.05, 3.63) is 35.5 Å². The van der Waals surface area contributed by atoms with Gasteiger partial charge in [-0.3, -0.25) is 9.48 Å². The Morgan fingerprint density at radius 2 is 2.09 bits per heavy atom. The van der Waals surface area contributed by atoms with Gasteiger partial charge in [0.1, 0.15) is 5.75 Å². The zero-order valence-corrected chi connectivity index (χ0v) is 14.4. The predicted octanol–water partition coefficient (Wildman–Crippen LogP) is 1.70. The molecular formula is C17H24N4O2. The number of hydrogen-bond donors (Lipinski definition) is 1. The fourth-order valence-electron chi connectivity index (χ4n) is 2.34. The molecule has 0 bridgehead atoms. The van der Waals surface area contributed by atoms with Crippen molar-refractivity contribution in [1.82, 2.24) is 20.0 Å². The molecule has 0 aliphatic carbocycles. The Labute approximate surface area is 137 Å². The Morgan fingerprint density at radius 3 is 2.74 bits per heavy atom. The molecule has 1 aromatic heterocycles. The Hall–Kier alpha value is -2.34. The molecule has 6 heteroatoms. The van der Waals surface area contributed by atoms with Gasteiger partial charge in [0, 0.05) is 25.7 Å². The van der Waals surface area contributed by atoms with Crippen molar-refractivity contribution in [3.63, 3.8) is 0 Å². The number of aryl methyl sites for hydroxylation is 2. The molecule has 0 saturated heterocycles. The van der Waals surface area contributed by atoms with Gasteiger partial charge in [-0.25, -0.2) is 0 Å². The topological polar surface area (TPSA) is 59.4 Å². The normalized spacial score (nSPS) is 10.9. The van der Waals surface area contributed by atoms with E-state index in [9.17, 15) is 4.79 Å². The standard InChI is InChI=1S/C17H24N4O2/c1-12-6-7-16(23-5)13(10-12)15-11-14(19-21(15)4)17(22)18-8-9-20(2)3/h6-7,10-11H,8-9H2,1-5H3,(H,18,22). The number of nitrogens with one attached hydrogen (secondary N) is 1. The zero-order valence-electron chi connectivity index (χ0n) is 14.4. The lowest BCUT2D eigenvalue weighted by Crippen LogP contribution is -2.31. The van der Waals surface area contributed by atoms with Crippen molar-refractivity contribution in [1.29, 1.82) is 0 Å². The molecule has 0 spiro atoms. The van der Waals surface area contributed by atoms with Crippen LogP contribution in [-0.4, -0.2) is 54.9 Å². The fourth-order valence-corrected chi connectivity index (χ4v) is 2.34. The van der Waals surface area contributed by atoms with E-state index in [1.807, 2.05) is 51.2 Å². The second-order valence-corrected chi connectivity index (χ2v) is 5.80. The summed E-state index contributed by atoms with van der Waals surface area (Å²) in [6.07, 6.45) is 0. The van der Waals surface area contributed by atoms with Crippen molar-refractivity contribution in [2.24, 2.45) is 7.05 Å². The lowest BCUT2D eigenvalue weighted by molar-refractivity contribution is 0.0945. The molecule has 0 atom stereocenters. The number of carbonyl (C=O) groups excluding carboxylic acids is 1.